The number of nitrogens with one attached hydrogen (secondary N) is 1. The van der Waals surface area contributed by atoms with Gasteiger partial charge in [-0.2, -0.15) is 0 Å². The number of hydrogen-bond donors (Lipinski definition) is 2. The van der Waals surface area contributed by atoms with Gasteiger partial charge in [0, 0.05) is 19.6 Å². The predicted octanol–water partition coefficient (Wildman–Crippen LogP) is -0.597. The maximum atomic E-state index is 11.2. The Morgan fingerprint density at radius 2 is 2.31 bits per heavy atom. The zero-order chi connectivity index (χ0) is 9.68. The molecule has 1 aliphatic carbocycles. The first-order chi connectivity index (χ1) is 6.22. The topological polar surface area (TPSA) is 58.4 Å². The molecule has 3 N–H and O–H groups in total. The molecule has 0 heterocycles. The van der Waals surface area contributed by atoms with Crippen LogP contribution in [0.3, 0.4) is 0 Å². The quantitative estimate of drug-likeness (QED) is 0.581. The Kier molecular flexibility index (Phi) is 4.18. The average molecular weight is 185 g/mol. The summed E-state index contributed by atoms with van der Waals surface area (Å²) in [5, 5.41) is 2.75. The fourth-order valence-electron chi connectivity index (χ4n) is 1.32. The summed E-state index contributed by atoms with van der Waals surface area (Å²) >= 11 is 0. The highest BCUT2D eigenvalue weighted by molar-refractivity contribution is 5.77. The summed E-state index contributed by atoms with van der Waals surface area (Å²) in [7, 11) is 1.99. The van der Waals surface area contributed by atoms with Gasteiger partial charge < -0.3 is 11.1 Å². The van der Waals surface area contributed by atoms with Crippen LogP contribution in [0.25, 0.3) is 0 Å². The largest absolute Gasteiger partial charge is 0.354 e. The smallest absolute Gasteiger partial charge is 0.234 e. The van der Waals surface area contributed by atoms with Gasteiger partial charge in [-0.3, -0.25) is 9.69 Å². The number of carbonyl (C=O) groups excluding carboxylic acids is 1. The SMILES string of the molecule is CN(CC(=O)NCCN)CC1CC1. The average Bonchev–Trinajstić information content (AvgIpc) is 2.84. The van der Waals surface area contributed by atoms with Crippen LogP contribution < -0.4 is 11.1 Å². The van der Waals surface area contributed by atoms with Gasteiger partial charge in [0.25, 0.3) is 0 Å². The Balaban J connectivity index is 2.03. The maximum Gasteiger partial charge on any atom is 0.234 e. The van der Waals surface area contributed by atoms with Crippen molar-refractivity contribution >= 4 is 5.91 Å². The highest BCUT2D eigenvalue weighted by atomic mass is 16.2. The van der Waals surface area contributed by atoms with Crippen LogP contribution in [-0.4, -0.2) is 44.0 Å². The summed E-state index contributed by atoms with van der Waals surface area (Å²) in [5.41, 5.74) is 5.27. The molecule has 4 heteroatoms. The molecule has 1 fully saturated rings. The summed E-state index contributed by atoms with van der Waals surface area (Å²) < 4.78 is 0. The molecular weight excluding hydrogens is 166 g/mol. The molecule has 1 aliphatic rings. The van der Waals surface area contributed by atoms with E-state index in [0.717, 1.165) is 12.5 Å². The summed E-state index contributed by atoms with van der Waals surface area (Å²) in [6.45, 7) is 2.64. The maximum absolute atomic E-state index is 11.2. The summed E-state index contributed by atoms with van der Waals surface area (Å²) in [5.74, 6) is 0.918. The number of likely N-dealkylation sites (N-methyl/N-ethyl adjacent to an activating group) is 1. The van der Waals surface area contributed by atoms with Gasteiger partial charge in [-0.15, -0.1) is 0 Å². The van der Waals surface area contributed by atoms with Crippen molar-refractivity contribution in [2.24, 2.45) is 11.7 Å². The Hall–Kier alpha value is -0.610. The molecule has 0 aromatic carbocycles. The molecule has 0 aromatic heterocycles. The summed E-state index contributed by atoms with van der Waals surface area (Å²) in [6, 6.07) is 0. The number of amides is 1. The summed E-state index contributed by atoms with van der Waals surface area (Å²) in [4.78, 5) is 13.3. The van der Waals surface area contributed by atoms with E-state index in [1.807, 2.05) is 7.05 Å². The van der Waals surface area contributed by atoms with E-state index in [9.17, 15) is 4.79 Å². The van der Waals surface area contributed by atoms with Crippen LogP contribution >= 0.6 is 0 Å². The fourth-order valence-corrected chi connectivity index (χ4v) is 1.32. The van der Waals surface area contributed by atoms with Crippen molar-refractivity contribution in [2.45, 2.75) is 12.8 Å². The lowest BCUT2D eigenvalue weighted by atomic mass is 10.4. The lowest BCUT2D eigenvalue weighted by Crippen LogP contribution is -2.38. The van der Waals surface area contributed by atoms with E-state index in [-0.39, 0.29) is 5.91 Å². The molecule has 0 atom stereocenters. The Morgan fingerprint density at radius 3 is 2.85 bits per heavy atom. The van der Waals surface area contributed by atoms with E-state index >= 15 is 0 Å². The van der Waals surface area contributed by atoms with Crippen LogP contribution in [0.5, 0.6) is 0 Å². The number of carbonyl (C=O) groups is 1. The van der Waals surface area contributed by atoms with Gasteiger partial charge in [-0.25, -0.2) is 0 Å². The lowest BCUT2D eigenvalue weighted by Gasteiger charge is -2.15. The molecule has 4 nitrogen and oxygen atoms in total. The molecular formula is C9H19N3O. The predicted molar refractivity (Wildman–Crippen MR) is 52.3 cm³/mol. The second-order valence-corrected chi connectivity index (χ2v) is 3.78. The first-order valence-electron chi connectivity index (χ1n) is 4.87. The van der Waals surface area contributed by atoms with Crippen LogP contribution in [0.4, 0.5) is 0 Å². The van der Waals surface area contributed by atoms with Crippen LogP contribution in [-0.2, 0) is 4.79 Å². The molecule has 1 rings (SSSR count). The Morgan fingerprint density at radius 1 is 1.62 bits per heavy atom. The molecule has 0 aromatic rings. The first kappa shape index (κ1) is 10.5. The second-order valence-electron chi connectivity index (χ2n) is 3.78. The van der Waals surface area contributed by atoms with Gasteiger partial charge in [0.05, 0.1) is 6.54 Å². The van der Waals surface area contributed by atoms with Gasteiger partial charge >= 0.3 is 0 Å². The van der Waals surface area contributed by atoms with Crippen LogP contribution in [0.15, 0.2) is 0 Å². The van der Waals surface area contributed by atoms with Crippen molar-refractivity contribution in [3.63, 3.8) is 0 Å². The molecule has 13 heavy (non-hydrogen) atoms. The minimum Gasteiger partial charge on any atom is -0.354 e. The van der Waals surface area contributed by atoms with Crippen molar-refractivity contribution in [1.29, 1.82) is 0 Å². The third-order valence-electron chi connectivity index (χ3n) is 2.15. The lowest BCUT2D eigenvalue weighted by molar-refractivity contribution is -0.121. The van der Waals surface area contributed by atoms with E-state index in [1.165, 1.54) is 12.8 Å². The molecule has 0 bridgehead atoms. The van der Waals surface area contributed by atoms with Crippen molar-refractivity contribution in [2.75, 3.05) is 33.2 Å². The molecule has 0 unspecified atom stereocenters. The molecule has 0 spiro atoms. The molecule has 0 aliphatic heterocycles. The first-order valence-corrected chi connectivity index (χ1v) is 4.87. The van der Waals surface area contributed by atoms with Gasteiger partial charge in [0.15, 0.2) is 0 Å². The zero-order valence-electron chi connectivity index (χ0n) is 8.25. The monoisotopic (exact) mass is 185 g/mol. The van der Waals surface area contributed by atoms with Gasteiger partial charge in [0.2, 0.25) is 5.91 Å². The Labute approximate surface area is 79.5 Å². The van der Waals surface area contributed by atoms with Crippen molar-refractivity contribution in [3.8, 4) is 0 Å². The molecule has 76 valence electrons. The summed E-state index contributed by atoms with van der Waals surface area (Å²) in [6.07, 6.45) is 2.66. The van der Waals surface area contributed by atoms with E-state index < -0.39 is 0 Å². The van der Waals surface area contributed by atoms with Gasteiger partial charge in [-0.05, 0) is 25.8 Å². The van der Waals surface area contributed by atoms with E-state index in [0.29, 0.717) is 19.6 Å². The highest BCUT2D eigenvalue weighted by Gasteiger charge is 2.23. The fraction of sp³-hybridized carbons (Fsp3) is 0.889. The van der Waals surface area contributed by atoms with E-state index in [2.05, 4.69) is 10.2 Å². The molecule has 1 amide bonds. The van der Waals surface area contributed by atoms with Gasteiger partial charge in [0.1, 0.15) is 0 Å². The van der Waals surface area contributed by atoms with Crippen LogP contribution in [0, 0.1) is 5.92 Å². The molecule has 1 saturated carbocycles. The normalized spacial score (nSPS) is 16.2. The highest BCUT2D eigenvalue weighted by Crippen LogP contribution is 2.29. The van der Waals surface area contributed by atoms with Crippen LogP contribution in [0.2, 0.25) is 0 Å². The number of rotatable bonds is 6. The number of nitrogens with zero attached hydrogens (tertiary/aromatic N) is 1. The number of nitrogens with two attached hydrogens (primary N) is 1. The minimum absolute atomic E-state index is 0.0774. The Bertz CT molecular complexity index is 168. The van der Waals surface area contributed by atoms with E-state index in [1.54, 1.807) is 0 Å². The standard InChI is InChI=1S/C9H19N3O/c1-12(6-8-2-3-8)7-9(13)11-5-4-10/h8H,2-7,10H2,1H3,(H,11,13). The molecule has 0 radical (unpaired) electrons. The van der Waals surface area contributed by atoms with E-state index in [4.69, 9.17) is 5.73 Å². The van der Waals surface area contributed by atoms with Crippen molar-refractivity contribution < 1.29 is 4.79 Å². The van der Waals surface area contributed by atoms with Crippen LogP contribution in [0.1, 0.15) is 12.8 Å². The third-order valence-corrected chi connectivity index (χ3v) is 2.15. The third kappa shape index (κ3) is 4.85. The molecule has 0 saturated heterocycles. The second kappa shape index (κ2) is 5.19. The van der Waals surface area contributed by atoms with Gasteiger partial charge in [-0.1, -0.05) is 0 Å². The number of hydrogen-bond acceptors (Lipinski definition) is 3. The van der Waals surface area contributed by atoms with Crippen molar-refractivity contribution in [1.82, 2.24) is 10.2 Å². The zero-order valence-corrected chi connectivity index (χ0v) is 8.25. The minimum atomic E-state index is 0.0774. The van der Waals surface area contributed by atoms with Crippen molar-refractivity contribution in [3.05, 3.63) is 0 Å².